The molecule has 14 heavy (non-hydrogen) atoms. The molecule has 1 rings (SSSR count). The molecule has 0 aromatic heterocycles. The van der Waals surface area contributed by atoms with Crippen LogP contribution in [0.25, 0.3) is 6.08 Å². The van der Waals surface area contributed by atoms with Gasteiger partial charge in [-0.15, -0.1) is 0 Å². The molecule has 1 aromatic rings. The molecule has 1 aromatic carbocycles. The SMILES string of the molecule is CC(=Cc1ccc(F)cc1C)C(=O)O. The minimum absolute atomic E-state index is 0.236. The maximum atomic E-state index is 12.7. The normalized spacial score (nSPS) is 11.5. The lowest BCUT2D eigenvalue weighted by Gasteiger charge is -2.00. The van der Waals surface area contributed by atoms with Crippen LogP contribution in [0.4, 0.5) is 4.39 Å². The molecule has 1 N–H and O–H groups in total. The van der Waals surface area contributed by atoms with Crippen LogP contribution in [0, 0.1) is 12.7 Å². The Morgan fingerprint density at radius 1 is 1.50 bits per heavy atom. The second-order valence-corrected chi connectivity index (χ2v) is 3.13. The van der Waals surface area contributed by atoms with E-state index in [1.54, 1.807) is 13.0 Å². The minimum Gasteiger partial charge on any atom is -0.478 e. The van der Waals surface area contributed by atoms with E-state index in [4.69, 9.17) is 5.11 Å². The number of aryl methyl sites for hydroxylation is 1. The third-order valence-electron chi connectivity index (χ3n) is 1.94. The predicted molar refractivity (Wildman–Crippen MR) is 52.4 cm³/mol. The molecule has 0 saturated carbocycles. The lowest BCUT2D eigenvalue weighted by atomic mass is 10.1. The zero-order chi connectivity index (χ0) is 10.7. The summed E-state index contributed by atoms with van der Waals surface area (Å²) in [6.07, 6.45) is 1.52. The summed E-state index contributed by atoms with van der Waals surface area (Å²) in [6, 6.07) is 4.26. The van der Waals surface area contributed by atoms with Gasteiger partial charge in [-0.25, -0.2) is 9.18 Å². The van der Waals surface area contributed by atoms with Gasteiger partial charge in [-0.1, -0.05) is 6.07 Å². The molecule has 0 spiro atoms. The molecule has 0 radical (unpaired) electrons. The Hall–Kier alpha value is -1.64. The number of hydrogen-bond donors (Lipinski definition) is 1. The van der Waals surface area contributed by atoms with Crippen LogP contribution in [0.3, 0.4) is 0 Å². The number of halogens is 1. The summed E-state index contributed by atoms with van der Waals surface area (Å²) >= 11 is 0. The van der Waals surface area contributed by atoms with Gasteiger partial charge in [0.2, 0.25) is 0 Å². The van der Waals surface area contributed by atoms with E-state index in [0.717, 1.165) is 11.1 Å². The minimum atomic E-state index is -0.964. The summed E-state index contributed by atoms with van der Waals surface area (Å²) in [5.74, 6) is -1.28. The number of carbonyl (C=O) groups is 1. The maximum absolute atomic E-state index is 12.7. The van der Waals surface area contributed by atoms with Crippen molar-refractivity contribution in [3.05, 3.63) is 40.7 Å². The predicted octanol–water partition coefficient (Wildman–Crippen LogP) is 2.62. The van der Waals surface area contributed by atoms with Crippen LogP contribution >= 0.6 is 0 Å². The van der Waals surface area contributed by atoms with Crippen molar-refractivity contribution in [1.29, 1.82) is 0 Å². The van der Waals surface area contributed by atoms with Crippen LogP contribution in [0.15, 0.2) is 23.8 Å². The molecule has 0 aliphatic heterocycles. The van der Waals surface area contributed by atoms with E-state index >= 15 is 0 Å². The molecule has 3 heteroatoms. The molecular formula is C11H11FO2. The zero-order valence-electron chi connectivity index (χ0n) is 8.04. The molecule has 0 heterocycles. The largest absolute Gasteiger partial charge is 0.478 e. The molecule has 0 amide bonds. The fourth-order valence-corrected chi connectivity index (χ4v) is 1.10. The van der Waals surface area contributed by atoms with Crippen LogP contribution in [-0.4, -0.2) is 11.1 Å². The highest BCUT2D eigenvalue weighted by Crippen LogP contribution is 2.13. The van der Waals surface area contributed by atoms with Gasteiger partial charge in [-0.05, 0) is 43.2 Å². The van der Waals surface area contributed by atoms with E-state index in [0.29, 0.717) is 0 Å². The number of carboxylic acid groups (broad SMARTS) is 1. The zero-order valence-corrected chi connectivity index (χ0v) is 8.04. The van der Waals surface area contributed by atoms with Crippen molar-refractivity contribution in [2.24, 2.45) is 0 Å². The Bertz CT molecular complexity index is 394. The molecule has 2 nitrogen and oxygen atoms in total. The average molecular weight is 194 g/mol. The second-order valence-electron chi connectivity index (χ2n) is 3.13. The maximum Gasteiger partial charge on any atom is 0.331 e. The van der Waals surface area contributed by atoms with Gasteiger partial charge in [0.15, 0.2) is 0 Å². The first-order valence-corrected chi connectivity index (χ1v) is 4.18. The number of rotatable bonds is 2. The lowest BCUT2D eigenvalue weighted by Crippen LogP contribution is -1.96. The number of carboxylic acids is 1. The Morgan fingerprint density at radius 3 is 2.64 bits per heavy atom. The third kappa shape index (κ3) is 2.42. The van der Waals surface area contributed by atoms with Gasteiger partial charge in [0.25, 0.3) is 0 Å². The van der Waals surface area contributed by atoms with E-state index in [1.807, 2.05) is 0 Å². The number of aliphatic carboxylic acids is 1. The van der Waals surface area contributed by atoms with Crippen molar-refractivity contribution in [3.8, 4) is 0 Å². The quantitative estimate of drug-likeness (QED) is 0.735. The van der Waals surface area contributed by atoms with Gasteiger partial charge in [0, 0.05) is 5.57 Å². The van der Waals surface area contributed by atoms with Crippen molar-refractivity contribution in [3.63, 3.8) is 0 Å². The molecule has 0 fully saturated rings. The Morgan fingerprint density at radius 2 is 2.14 bits per heavy atom. The van der Waals surface area contributed by atoms with E-state index in [2.05, 4.69) is 0 Å². The lowest BCUT2D eigenvalue weighted by molar-refractivity contribution is -0.132. The van der Waals surface area contributed by atoms with E-state index < -0.39 is 5.97 Å². The smallest absolute Gasteiger partial charge is 0.331 e. The monoisotopic (exact) mass is 194 g/mol. The summed E-state index contributed by atoms with van der Waals surface area (Å²) < 4.78 is 12.7. The summed E-state index contributed by atoms with van der Waals surface area (Å²) in [5.41, 5.74) is 1.69. The van der Waals surface area contributed by atoms with Gasteiger partial charge in [-0.2, -0.15) is 0 Å². The van der Waals surface area contributed by atoms with Crippen molar-refractivity contribution in [1.82, 2.24) is 0 Å². The van der Waals surface area contributed by atoms with Crippen molar-refractivity contribution in [2.75, 3.05) is 0 Å². The van der Waals surface area contributed by atoms with Crippen molar-refractivity contribution < 1.29 is 14.3 Å². The van der Waals surface area contributed by atoms with Gasteiger partial charge in [0.05, 0.1) is 0 Å². The fourth-order valence-electron chi connectivity index (χ4n) is 1.10. The number of benzene rings is 1. The molecule has 0 aliphatic carbocycles. The molecular weight excluding hydrogens is 183 g/mol. The summed E-state index contributed by atoms with van der Waals surface area (Å²) in [5, 5.41) is 8.65. The van der Waals surface area contributed by atoms with Crippen molar-refractivity contribution >= 4 is 12.0 Å². The first-order chi connectivity index (χ1) is 6.50. The second kappa shape index (κ2) is 4.05. The molecule has 0 saturated heterocycles. The highest BCUT2D eigenvalue weighted by atomic mass is 19.1. The molecule has 0 unspecified atom stereocenters. The average Bonchev–Trinajstić information content (AvgIpc) is 2.09. The van der Waals surface area contributed by atoms with Crippen molar-refractivity contribution in [2.45, 2.75) is 13.8 Å². The van der Waals surface area contributed by atoms with Crippen LogP contribution in [0.5, 0.6) is 0 Å². The van der Waals surface area contributed by atoms with Crippen LogP contribution < -0.4 is 0 Å². The Balaban J connectivity index is 3.09. The van der Waals surface area contributed by atoms with E-state index in [-0.39, 0.29) is 11.4 Å². The highest BCUT2D eigenvalue weighted by molar-refractivity contribution is 5.91. The molecule has 74 valence electrons. The topological polar surface area (TPSA) is 37.3 Å². The Labute approximate surface area is 81.7 Å². The van der Waals surface area contributed by atoms with E-state index in [1.165, 1.54) is 25.1 Å². The standard InChI is InChI=1S/C11H11FO2/c1-7-6-10(12)4-3-9(7)5-8(2)11(13)14/h3-6H,1-2H3,(H,13,14). The summed E-state index contributed by atoms with van der Waals surface area (Å²) in [4.78, 5) is 10.5. The molecule has 0 aliphatic rings. The first kappa shape index (κ1) is 10.4. The third-order valence-corrected chi connectivity index (χ3v) is 1.94. The Kier molecular flexibility index (Phi) is 3.02. The fraction of sp³-hybridized carbons (Fsp3) is 0.182. The van der Waals surface area contributed by atoms with Gasteiger partial charge >= 0.3 is 5.97 Å². The van der Waals surface area contributed by atoms with Gasteiger partial charge in [-0.3, -0.25) is 0 Å². The molecule has 0 atom stereocenters. The first-order valence-electron chi connectivity index (χ1n) is 4.18. The molecule has 0 bridgehead atoms. The van der Waals surface area contributed by atoms with Crippen LogP contribution in [-0.2, 0) is 4.79 Å². The van der Waals surface area contributed by atoms with Crippen LogP contribution in [0.2, 0.25) is 0 Å². The highest BCUT2D eigenvalue weighted by Gasteiger charge is 2.02. The van der Waals surface area contributed by atoms with Crippen LogP contribution in [0.1, 0.15) is 18.1 Å². The van der Waals surface area contributed by atoms with Gasteiger partial charge < -0.3 is 5.11 Å². The summed E-state index contributed by atoms with van der Waals surface area (Å²) in [6.45, 7) is 3.25. The van der Waals surface area contributed by atoms with Gasteiger partial charge in [0.1, 0.15) is 5.82 Å². The number of hydrogen-bond acceptors (Lipinski definition) is 1. The summed E-state index contributed by atoms with van der Waals surface area (Å²) in [7, 11) is 0. The van der Waals surface area contributed by atoms with E-state index in [9.17, 15) is 9.18 Å².